The number of fused-ring (bicyclic) bond motifs is 1. The SMILES string of the molecule is C[C@H](OC(=O)c1ccc(C=O)cc1)C(=O)N1CCc2ccccc2C1. The van der Waals surface area contributed by atoms with Crippen LogP contribution >= 0.6 is 0 Å². The van der Waals surface area contributed by atoms with E-state index in [4.69, 9.17) is 4.74 Å². The monoisotopic (exact) mass is 337 g/mol. The lowest BCUT2D eigenvalue weighted by Crippen LogP contribution is -2.42. The van der Waals surface area contributed by atoms with Crippen LogP contribution in [0.3, 0.4) is 0 Å². The Morgan fingerprint density at radius 3 is 2.44 bits per heavy atom. The first-order valence-electron chi connectivity index (χ1n) is 8.20. The van der Waals surface area contributed by atoms with Gasteiger partial charge in [-0.15, -0.1) is 0 Å². The summed E-state index contributed by atoms with van der Waals surface area (Å²) in [6.45, 7) is 2.73. The molecule has 1 aliphatic heterocycles. The van der Waals surface area contributed by atoms with E-state index in [1.807, 2.05) is 18.2 Å². The highest BCUT2D eigenvalue weighted by molar-refractivity contribution is 5.93. The number of ether oxygens (including phenoxy) is 1. The Bertz CT molecular complexity index is 798. The summed E-state index contributed by atoms with van der Waals surface area (Å²) in [6, 6.07) is 14.1. The van der Waals surface area contributed by atoms with Crippen molar-refractivity contribution in [3.63, 3.8) is 0 Å². The number of carbonyl (C=O) groups is 3. The number of rotatable bonds is 4. The zero-order valence-electron chi connectivity index (χ0n) is 14.0. The number of esters is 1. The van der Waals surface area contributed by atoms with Gasteiger partial charge in [-0.2, -0.15) is 0 Å². The van der Waals surface area contributed by atoms with Gasteiger partial charge < -0.3 is 9.64 Å². The van der Waals surface area contributed by atoms with Crippen LogP contribution in [0.1, 0.15) is 38.8 Å². The summed E-state index contributed by atoms with van der Waals surface area (Å²) in [6.07, 6.45) is 0.647. The highest BCUT2D eigenvalue weighted by Gasteiger charge is 2.27. The molecule has 2 aromatic carbocycles. The molecule has 0 saturated heterocycles. The maximum atomic E-state index is 12.6. The van der Waals surface area contributed by atoms with Crippen molar-refractivity contribution in [3.05, 3.63) is 70.8 Å². The second-order valence-corrected chi connectivity index (χ2v) is 6.07. The molecular weight excluding hydrogens is 318 g/mol. The first-order valence-corrected chi connectivity index (χ1v) is 8.20. The number of hydrogen-bond acceptors (Lipinski definition) is 4. The number of nitrogens with zero attached hydrogens (tertiary/aromatic N) is 1. The lowest BCUT2D eigenvalue weighted by Gasteiger charge is -2.30. The first-order chi connectivity index (χ1) is 12.1. The van der Waals surface area contributed by atoms with Crippen molar-refractivity contribution in [3.8, 4) is 0 Å². The summed E-state index contributed by atoms with van der Waals surface area (Å²) < 4.78 is 5.29. The molecule has 25 heavy (non-hydrogen) atoms. The van der Waals surface area contributed by atoms with Gasteiger partial charge in [-0.05, 0) is 36.6 Å². The van der Waals surface area contributed by atoms with Gasteiger partial charge in [-0.3, -0.25) is 9.59 Å². The van der Waals surface area contributed by atoms with Gasteiger partial charge >= 0.3 is 5.97 Å². The molecule has 0 spiro atoms. The van der Waals surface area contributed by atoms with Gasteiger partial charge in [-0.1, -0.05) is 36.4 Å². The van der Waals surface area contributed by atoms with E-state index >= 15 is 0 Å². The van der Waals surface area contributed by atoms with Crippen LogP contribution in [0.5, 0.6) is 0 Å². The summed E-state index contributed by atoms with van der Waals surface area (Å²) in [5.74, 6) is -0.775. The van der Waals surface area contributed by atoms with Crippen LogP contribution in [0.4, 0.5) is 0 Å². The summed E-state index contributed by atoms with van der Waals surface area (Å²) in [7, 11) is 0. The minimum absolute atomic E-state index is 0.202. The van der Waals surface area contributed by atoms with Gasteiger partial charge in [0.15, 0.2) is 6.10 Å². The lowest BCUT2D eigenvalue weighted by molar-refractivity contribution is -0.140. The van der Waals surface area contributed by atoms with E-state index in [1.165, 1.54) is 29.8 Å². The Morgan fingerprint density at radius 1 is 1.08 bits per heavy atom. The van der Waals surface area contributed by atoms with Crippen molar-refractivity contribution < 1.29 is 19.1 Å². The van der Waals surface area contributed by atoms with Crippen LogP contribution in [0.2, 0.25) is 0 Å². The third kappa shape index (κ3) is 3.76. The van der Waals surface area contributed by atoms with Gasteiger partial charge in [0.1, 0.15) is 6.29 Å². The standard InChI is InChI=1S/C20H19NO4/c1-14(25-20(24)17-8-6-15(13-22)7-9-17)19(23)21-11-10-16-4-2-3-5-18(16)12-21/h2-9,13-14H,10-12H2,1H3/t14-/m0/s1. The molecule has 0 aromatic heterocycles. The second kappa shape index (κ2) is 7.30. The van der Waals surface area contributed by atoms with Crippen molar-refractivity contribution in [2.24, 2.45) is 0 Å². The molecule has 0 saturated carbocycles. The summed E-state index contributed by atoms with van der Waals surface area (Å²) >= 11 is 0. The Labute approximate surface area is 146 Å². The van der Waals surface area contributed by atoms with Crippen molar-refractivity contribution >= 4 is 18.2 Å². The highest BCUT2D eigenvalue weighted by Crippen LogP contribution is 2.19. The molecule has 0 unspecified atom stereocenters. The Morgan fingerprint density at radius 2 is 1.76 bits per heavy atom. The van der Waals surface area contributed by atoms with Crippen molar-refractivity contribution in [2.45, 2.75) is 26.0 Å². The molecule has 0 bridgehead atoms. The molecule has 2 aromatic rings. The lowest BCUT2D eigenvalue weighted by atomic mass is 9.99. The van der Waals surface area contributed by atoms with Crippen LogP contribution in [-0.4, -0.2) is 35.7 Å². The molecular formula is C20H19NO4. The van der Waals surface area contributed by atoms with Gasteiger partial charge in [0.25, 0.3) is 5.91 Å². The van der Waals surface area contributed by atoms with Crippen LogP contribution in [-0.2, 0) is 22.5 Å². The summed E-state index contributed by atoms with van der Waals surface area (Å²) in [5.41, 5.74) is 3.18. The van der Waals surface area contributed by atoms with E-state index in [-0.39, 0.29) is 5.91 Å². The van der Waals surface area contributed by atoms with E-state index in [2.05, 4.69) is 6.07 Å². The Kier molecular flexibility index (Phi) is 4.93. The average molecular weight is 337 g/mol. The molecule has 5 heteroatoms. The molecule has 128 valence electrons. The number of carbonyl (C=O) groups excluding carboxylic acids is 3. The zero-order valence-corrected chi connectivity index (χ0v) is 14.0. The van der Waals surface area contributed by atoms with Crippen molar-refractivity contribution in [1.82, 2.24) is 4.90 Å². The highest BCUT2D eigenvalue weighted by atomic mass is 16.5. The van der Waals surface area contributed by atoms with Crippen molar-refractivity contribution in [2.75, 3.05) is 6.54 Å². The van der Waals surface area contributed by atoms with E-state index in [0.29, 0.717) is 30.5 Å². The molecule has 5 nitrogen and oxygen atoms in total. The summed E-state index contributed by atoms with van der Waals surface area (Å²) in [5, 5.41) is 0. The normalized spacial score (nSPS) is 14.4. The van der Waals surface area contributed by atoms with Gasteiger partial charge in [0.05, 0.1) is 5.56 Å². The minimum Gasteiger partial charge on any atom is -0.449 e. The number of amides is 1. The molecule has 1 heterocycles. The third-order valence-electron chi connectivity index (χ3n) is 4.36. The van der Waals surface area contributed by atoms with E-state index in [1.54, 1.807) is 11.8 Å². The first kappa shape index (κ1) is 16.9. The topological polar surface area (TPSA) is 63.7 Å². The zero-order chi connectivity index (χ0) is 17.8. The van der Waals surface area contributed by atoms with Gasteiger partial charge in [0.2, 0.25) is 0 Å². The number of benzene rings is 2. The van der Waals surface area contributed by atoms with Gasteiger partial charge in [0, 0.05) is 18.7 Å². The predicted octanol–water partition coefficient (Wildman–Crippen LogP) is 2.63. The Balaban J connectivity index is 1.62. The van der Waals surface area contributed by atoms with Crippen LogP contribution in [0.25, 0.3) is 0 Å². The smallest absolute Gasteiger partial charge is 0.338 e. The molecule has 0 N–H and O–H groups in total. The minimum atomic E-state index is -0.858. The second-order valence-electron chi connectivity index (χ2n) is 6.07. The van der Waals surface area contributed by atoms with E-state index < -0.39 is 12.1 Å². The molecule has 0 radical (unpaired) electrons. The molecule has 0 fully saturated rings. The quantitative estimate of drug-likeness (QED) is 0.635. The number of hydrogen-bond donors (Lipinski definition) is 0. The maximum Gasteiger partial charge on any atom is 0.338 e. The molecule has 1 aliphatic rings. The predicted molar refractivity (Wildman–Crippen MR) is 92.3 cm³/mol. The molecule has 1 amide bonds. The summed E-state index contributed by atoms with van der Waals surface area (Å²) in [4.78, 5) is 37.1. The van der Waals surface area contributed by atoms with E-state index in [0.717, 1.165) is 12.0 Å². The van der Waals surface area contributed by atoms with Crippen LogP contribution < -0.4 is 0 Å². The van der Waals surface area contributed by atoms with Crippen LogP contribution in [0, 0.1) is 0 Å². The average Bonchev–Trinajstić information content (AvgIpc) is 2.67. The third-order valence-corrected chi connectivity index (χ3v) is 4.36. The molecule has 3 rings (SSSR count). The Hall–Kier alpha value is -2.95. The van der Waals surface area contributed by atoms with Crippen molar-refractivity contribution in [1.29, 1.82) is 0 Å². The maximum absolute atomic E-state index is 12.6. The fraction of sp³-hybridized carbons (Fsp3) is 0.250. The molecule has 1 atom stereocenters. The van der Waals surface area contributed by atoms with Crippen LogP contribution in [0.15, 0.2) is 48.5 Å². The van der Waals surface area contributed by atoms with E-state index in [9.17, 15) is 14.4 Å². The fourth-order valence-corrected chi connectivity index (χ4v) is 2.92. The number of aldehydes is 1. The largest absolute Gasteiger partial charge is 0.449 e. The fourth-order valence-electron chi connectivity index (χ4n) is 2.92. The van der Waals surface area contributed by atoms with Gasteiger partial charge in [-0.25, -0.2) is 4.79 Å². The molecule has 0 aliphatic carbocycles.